The number of aromatic nitrogens is 1. The van der Waals surface area contributed by atoms with Gasteiger partial charge < -0.3 is 10.6 Å². The van der Waals surface area contributed by atoms with E-state index in [9.17, 15) is 13.2 Å². The highest BCUT2D eigenvalue weighted by atomic mass is 32.2. The molecule has 0 saturated heterocycles. The summed E-state index contributed by atoms with van der Waals surface area (Å²) in [5.41, 5.74) is 2.59. The lowest BCUT2D eigenvalue weighted by Gasteiger charge is -2.08. The summed E-state index contributed by atoms with van der Waals surface area (Å²) in [6.07, 6.45) is 1.71. The summed E-state index contributed by atoms with van der Waals surface area (Å²) < 4.78 is 22.3. The molecule has 0 bridgehead atoms. The fourth-order valence-corrected chi connectivity index (χ4v) is 2.34. The molecular formula is C15H18N4O3S. The number of urea groups is 1. The van der Waals surface area contributed by atoms with E-state index < -0.39 is 10.0 Å². The van der Waals surface area contributed by atoms with Crippen LogP contribution in [-0.4, -0.2) is 19.4 Å². The smallest absolute Gasteiger partial charge is 0.315 e. The number of carbonyl (C=O) groups excluding carboxylic acids is 1. The molecule has 0 radical (unpaired) electrons. The Kier molecular flexibility index (Phi) is 5.30. The Morgan fingerprint density at radius 1 is 1.04 bits per heavy atom. The quantitative estimate of drug-likeness (QED) is 0.758. The summed E-state index contributed by atoms with van der Waals surface area (Å²) >= 11 is 0. The summed E-state index contributed by atoms with van der Waals surface area (Å²) in [6, 6.07) is 9.47. The third kappa shape index (κ3) is 5.35. The van der Waals surface area contributed by atoms with Crippen LogP contribution in [0.4, 0.5) is 4.79 Å². The van der Waals surface area contributed by atoms with E-state index in [4.69, 9.17) is 5.14 Å². The van der Waals surface area contributed by atoms with Crippen LogP contribution in [0.3, 0.4) is 0 Å². The normalized spacial score (nSPS) is 11.0. The average molecular weight is 334 g/mol. The Hall–Kier alpha value is -2.45. The number of aryl methyl sites for hydroxylation is 1. The van der Waals surface area contributed by atoms with Crippen molar-refractivity contribution in [1.82, 2.24) is 15.6 Å². The maximum absolute atomic E-state index is 11.7. The summed E-state index contributed by atoms with van der Waals surface area (Å²) in [6.45, 7) is 2.55. The summed E-state index contributed by atoms with van der Waals surface area (Å²) in [7, 11) is -3.70. The van der Waals surface area contributed by atoms with Crippen LogP contribution in [0.25, 0.3) is 0 Å². The van der Waals surface area contributed by atoms with E-state index in [1.165, 1.54) is 12.1 Å². The van der Waals surface area contributed by atoms with Crippen LogP contribution in [0.5, 0.6) is 0 Å². The van der Waals surface area contributed by atoms with Crippen molar-refractivity contribution >= 4 is 16.1 Å². The molecule has 7 nitrogen and oxygen atoms in total. The van der Waals surface area contributed by atoms with Gasteiger partial charge in [-0.25, -0.2) is 18.4 Å². The molecular weight excluding hydrogens is 316 g/mol. The lowest BCUT2D eigenvalue weighted by Crippen LogP contribution is -2.34. The molecule has 1 heterocycles. The molecule has 8 heteroatoms. The van der Waals surface area contributed by atoms with Gasteiger partial charge in [-0.2, -0.15) is 0 Å². The monoisotopic (exact) mass is 334 g/mol. The largest absolute Gasteiger partial charge is 0.334 e. The molecule has 0 fully saturated rings. The molecule has 0 saturated carbocycles. The van der Waals surface area contributed by atoms with Crippen LogP contribution in [0.2, 0.25) is 0 Å². The highest BCUT2D eigenvalue weighted by Crippen LogP contribution is 2.08. The molecule has 0 aliphatic heterocycles. The number of hydrogen-bond acceptors (Lipinski definition) is 4. The summed E-state index contributed by atoms with van der Waals surface area (Å²) in [5.74, 6) is 0. The number of primary sulfonamides is 1. The molecule has 2 amide bonds. The zero-order valence-electron chi connectivity index (χ0n) is 12.6. The van der Waals surface area contributed by atoms with E-state index in [-0.39, 0.29) is 17.5 Å². The Morgan fingerprint density at radius 3 is 2.13 bits per heavy atom. The van der Waals surface area contributed by atoms with Gasteiger partial charge in [0.25, 0.3) is 0 Å². The van der Waals surface area contributed by atoms with Crippen LogP contribution >= 0.6 is 0 Å². The minimum absolute atomic E-state index is 0.0394. The van der Waals surface area contributed by atoms with E-state index in [2.05, 4.69) is 15.6 Å². The van der Waals surface area contributed by atoms with E-state index >= 15 is 0 Å². The summed E-state index contributed by atoms with van der Waals surface area (Å²) in [5, 5.41) is 10.4. The van der Waals surface area contributed by atoms with Gasteiger partial charge in [0.2, 0.25) is 10.0 Å². The second-order valence-electron chi connectivity index (χ2n) is 5.03. The van der Waals surface area contributed by atoms with Crippen LogP contribution in [0.15, 0.2) is 47.5 Å². The van der Waals surface area contributed by atoms with Gasteiger partial charge in [-0.1, -0.05) is 18.2 Å². The first-order valence-electron chi connectivity index (χ1n) is 6.89. The van der Waals surface area contributed by atoms with Crippen molar-refractivity contribution in [3.63, 3.8) is 0 Å². The molecule has 2 aromatic rings. The van der Waals surface area contributed by atoms with Crippen molar-refractivity contribution in [3.8, 4) is 0 Å². The van der Waals surface area contributed by atoms with Gasteiger partial charge in [-0.15, -0.1) is 0 Å². The highest BCUT2D eigenvalue weighted by molar-refractivity contribution is 7.89. The molecule has 0 unspecified atom stereocenters. The second-order valence-corrected chi connectivity index (χ2v) is 6.59. The second kappa shape index (κ2) is 7.21. The maximum Gasteiger partial charge on any atom is 0.315 e. The van der Waals surface area contributed by atoms with E-state index in [0.717, 1.165) is 16.8 Å². The molecule has 2 rings (SSSR count). The number of hydrogen-bond donors (Lipinski definition) is 3. The average Bonchev–Trinajstić information content (AvgIpc) is 2.52. The zero-order chi connectivity index (χ0) is 16.9. The number of amides is 2. The lowest BCUT2D eigenvalue weighted by atomic mass is 10.2. The van der Waals surface area contributed by atoms with E-state index in [1.807, 2.05) is 19.1 Å². The SMILES string of the molecule is Cc1ccc(CNC(=O)NCc2ccc(S(N)(=O)=O)cc2)cn1. The Balaban J connectivity index is 1.81. The van der Waals surface area contributed by atoms with Crippen LogP contribution in [0, 0.1) is 6.92 Å². The molecule has 122 valence electrons. The topological polar surface area (TPSA) is 114 Å². The Labute approximate surface area is 135 Å². The fraction of sp³-hybridized carbons (Fsp3) is 0.200. The van der Waals surface area contributed by atoms with Crippen LogP contribution in [-0.2, 0) is 23.1 Å². The van der Waals surface area contributed by atoms with Crippen molar-refractivity contribution in [2.75, 3.05) is 0 Å². The number of nitrogens with zero attached hydrogens (tertiary/aromatic N) is 1. The number of nitrogens with two attached hydrogens (primary N) is 1. The fourth-order valence-electron chi connectivity index (χ4n) is 1.83. The number of pyridine rings is 1. The molecule has 1 aromatic carbocycles. The zero-order valence-corrected chi connectivity index (χ0v) is 13.4. The molecule has 0 aliphatic carbocycles. The van der Waals surface area contributed by atoms with Crippen molar-refractivity contribution in [2.45, 2.75) is 24.9 Å². The molecule has 4 N–H and O–H groups in total. The minimum atomic E-state index is -3.70. The highest BCUT2D eigenvalue weighted by Gasteiger charge is 2.07. The van der Waals surface area contributed by atoms with Gasteiger partial charge >= 0.3 is 6.03 Å². The van der Waals surface area contributed by atoms with Crippen molar-refractivity contribution in [3.05, 3.63) is 59.4 Å². The Bertz CT molecular complexity index is 771. The molecule has 0 atom stereocenters. The first-order valence-corrected chi connectivity index (χ1v) is 8.44. The first kappa shape index (κ1) is 16.9. The van der Waals surface area contributed by atoms with Gasteiger partial charge in [0.05, 0.1) is 4.90 Å². The first-order chi connectivity index (χ1) is 10.8. The predicted octanol–water partition coefficient (Wildman–Crippen LogP) is 1.04. The number of benzene rings is 1. The van der Waals surface area contributed by atoms with Gasteiger partial charge in [0.1, 0.15) is 0 Å². The van der Waals surface area contributed by atoms with E-state index in [1.54, 1.807) is 18.3 Å². The lowest BCUT2D eigenvalue weighted by molar-refractivity contribution is 0.240. The number of nitrogens with one attached hydrogen (secondary N) is 2. The maximum atomic E-state index is 11.7. The molecule has 1 aromatic heterocycles. The number of rotatable bonds is 5. The molecule has 23 heavy (non-hydrogen) atoms. The summed E-state index contributed by atoms with van der Waals surface area (Å²) in [4.78, 5) is 15.9. The predicted molar refractivity (Wildman–Crippen MR) is 85.9 cm³/mol. The van der Waals surface area contributed by atoms with Crippen molar-refractivity contribution in [1.29, 1.82) is 0 Å². The standard InChI is InChI=1S/C15H18N4O3S/c1-11-2-3-13(9-17-11)10-19-15(20)18-8-12-4-6-14(7-5-12)23(16,21)22/h2-7,9H,8,10H2,1H3,(H2,16,21,22)(H2,18,19,20). The molecule has 0 aliphatic rings. The molecule has 0 spiro atoms. The van der Waals surface area contributed by atoms with Gasteiger partial charge in [-0.05, 0) is 36.2 Å². The van der Waals surface area contributed by atoms with Gasteiger partial charge in [0.15, 0.2) is 0 Å². The Morgan fingerprint density at radius 2 is 1.61 bits per heavy atom. The van der Waals surface area contributed by atoms with E-state index in [0.29, 0.717) is 6.54 Å². The van der Waals surface area contributed by atoms with Gasteiger partial charge in [0, 0.05) is 25.0 Å². The van der Waals surface area contributed by atoms with Gasteiger partial charge in [-0.3, -0.25) is 4.98 Å². The number of sulfonamides is 1. The third-order valence-corrected chi connectivity index (χ3v) is 4.06. The van der Waals surface area contributed by atoms with Crippen LogP contribution in [0.1, 0.15) is 16.8 Å². The van der Waals surface area contributed by atoms with Crippen molar-refractivity contribution < 1.29 is 13.2 Å². The third-order valence-electron chi connectivity index (χ3n) is 3.13. The minimum Gasteiger partial charge on any atom is -0.334 e. The van der Waals surface area contributed by atoms with Crippen LogP contribution < -0.4 is 15.8 Å². The van der Waals surface area contributed by atoms with Crippen molar-refractivity contribution in [2.24, 2.45) is 5.14 Å². The number of carbonyl (C=O) groups is 1.